The number of anilines is 1. The van der Waals surface area contributed by atoms with Crippen molar-refractivity contribution in [3.8, 4) is 0 Å². The minimum Gasteiger partial charge on any atom is -0.396 e. The van der Waals surface area contributed by atoms with E-state index in [0.717, 1.165) is 77.9 Å². The molecule has 2 amide bonds. The maximum Gasteiger partial charge on any atom is 0.228 e. The lowest BCUT2D eigenvalue weighted by Crippen LogP contribution is -2.29. The minimum atomic E-state index is -0.489. The third kappa shape index (κ3) is 10.6. The quantitative estimate of drug-likeness (QED) is 0.115. The summed E-state index contributed by atoms with van der Waals surface area (Å²) < 4.78 is 3.42. The van der Waals surface area contributed by atoms with Gasteiger partial charge < -0.3 is 17.2 Å². The van der Waals surface area contributed by atoms with E-state index in [4.69, 9.17) is 52.0 Å². The van der Waals surface area contributed by atoms with Crippen LogP contribution in [0.5, 0.6) is 0 Å². The number of nitrogens with zero attached hydrogens (tertiary/aromatic N) is 8. The number of amides is 2. The van der Waals surface area contributed by atoms with Gasteiger partial charge in [-0.15, -0.1) is 0 Å². The fourth-order valence-electron chi connectivity index (χ4n) is 6.91. The van der Waals surface area contributed by atoms with Gasteiger partial charge in [-0.25, -0.2) is 19.9 Å². The highest BCUT2D eigenvalue weighted by molar-refractivity contribution is 6.32. The number of halogens is 3. The fraction of sp³-hybridized carbons (Fsp3) is 0.333. The van der Waals surface area contributed by atoms with Crippen LogP contribution in [0.15, 0.2) is 85.7 Å². The van der Waals surface area contributed by atoms with Gasteiger partial charge in [-0.05, 0) is 90.8 Å². The van der Waals surface area contributed by atoms with E-state index in [1.54, 1.807) is 28.0 Å². The van der Waals surface area contributed by atoms with Gasteiger partial charge in [-0.1, -0.05) is 79.2 Å². The largest absolute Gasteiger partial charge is 0.396 e. The molecule has 0 spiro atoms. The van der Waals surface area contributed by atoms with Gasteiger partial charge in [0.15, 0.2) is 0 Å². The molecule has 0 bridgehead atoms. The fourth-order valence-corrected chi connectivity index (χ4v) is 7.43. The van der Waals surface area contributed by atoms with Crippen molar-refractivity contribution in [2.45, 2.75) is 76.0 Å². The number of hydrogen-bond donors (Lipinski definition) is 3. The Kier molecular flexibility index (Phi) is 14.3. The highest BCUT2D eigenvalue weighted by Gasteiger charge is 2.51. The summed E-state index contributed by atoms with van der Waals surface area (Å²) in [6.07, 6.45) is 17.0. The summed E-state index contributed by atoms with van der Waals surface area (Å²) in [7, 11) is 3.71. The van der Waals surface area contributed by atoms with Crippen LogP contribution >= 0.6 is 34.8 Å². The first-order valence-electron chi connectivity index (χ1n) is 18.4. The standard InChI is InChI=1S/C21H22ClN5O.C16H15Cl2N3O.C4H7N3.CH4/c1-27-13-14(11-25-27)10-19-24-12-17(22)18(26-19)7-6-15-4-2-3-5-16(15)21(8-9-21)20(23)28;17-12-9-20-15(18)21-13(12)6-5-10-3-1-2-4-11(10)16(7-8-16)14(19)22;1-7-3-4(5)2-6-7;/h2-5,11-13H,6-10H2,1H3,(H2,23,28);1-4,9H,5-8H2,(H2,19,22);2-3H,5H2,1H3;1H4. The van der Waals surface area contributed by atoms with Crippen LogP contribution in [0.25, 0.3) is 0 Å². The van der Waals surface area contributed by atoms with E-state index in [-0.39, 0.29) is 24.5 Å². The lowest BCUT2D eigenvalue weighted by Gasteiger charge is -2.16. The lowest BCUT2D eigenvalue weighted by atomic mass is 9.88. The zero-order valence-corrected chi connectivity index (χ0v) is 34.0. The molecule has 16 heteroatoms. The van der Waals surface area contributed by atoms with Crippen LogP contribution in [0, 0.1) is 0 Å². The van der Waals surface area contributed by atoms with Crippen molar-refractivity contribution in [2.24, 2.45) is 25.6 Å². The van der Waals surface area contributed by atoms with Gasteiger partial charge in [0.2, 0.25) is 17.1 Å². The lowest BCUT2D eigenvalue weighted by molar-refractivity contribution is -0.121. The molecule has 0 unspecified atom stereocenters. The second kappa shape index (κ2) is 18.9. The average molecular weight is 845 g/mol. The molecule has 13 nitrogen and oxygen atoms in total. The SMILES string of the molecule is C.Cn1cc(Cc2ncc(Cl)c(CCc3ccccc3C3(C(N)=O)CC3)n2)cn1.Cn1cc(N)cn1.NC(=O)C1(c2ccccc2CCc2nc(Cl)ncc2Cl)CC1. The number of aryl methyl sites for hydroxylation is 6. The number of hydrogen-bond acceptors (Lipinski definition) is 9. The molecule has 4 heterocycles. The Morgan fingerprint density at radius 2 is 1.16 bits per heavy atom. The predicted octanol–water partition coefficient (Wildman–Crippen LogP) is 6.48. The van der Waals surface area contributed by atoms with Crippen LogP contribution in [0.3, 0.4) is 0 Å². The molecule has 8 rings (SSSR count). The Morgan fingerprint density at radius 3 is 1.59 bits per heavy atom. The normalized spacial score (nSPS) is 14.2. The summed E-state index contributed by atoms with van der Waals surface area (Å²) in [6, 6.07) is 15.9. The monoisotopic (exact) mass is 843 g/mol. The molecule has 0 atom stereocenters. The first-order chi connectivity index (χ1) is 27.3. The van der Waals surface area contributed by atoms with Gasteiger partial charge in [-0.3, -0.25) is 19.0 Å². The van der Waals surface area contributed by atoms with Crippen LogP contribution in [0.4, 0.5) is 5.69 Å². The third-order valence-electron chi connectivity index (χ3n) is 10.3. The second-order valence-corrected chi connectivity index (χ2v) is 15.5. The van der Waals surface area contributed by atoms with Crippen molar-refractivity contribution in [1.82, 2.24) is 39.5 Å². The molecular formula is C42H48Cl3N11O2. The smallest absolute Gasteiger partial charge is 0.228 e. The highest BCUT2D eigenvalue weighted by atomic mass is 35.5. The Bertz CT molecular complexity index is 2350. The predicted molar refractivity (Wildman–Crippen MR) is 227 cm³/mol. The van der Waals surface area contributed by atoms with Crippen molar-refractivity contribution < 1.29 is 9.59 Å². The summed E-state index contributed by atoms with van der Waals surface area (Å²) in [5.41, 5.74) is 23.2. The number of nitrogens with two attached hydrogens (primary N) is 3. The van der Waals surface area contributed by atoms with E-state index in [0.29, 0.717) is 40.7 Å². The van der Waals surface area contributed by atoms with Crippen LogP contribution in [0.1, 0.15) is 78.1 Å². The molecule has 2 aliphatic carbocycles. The first kappa shape index (κ1) is 43.7. The Labute approximate surface area is 353 Å². The summed E-state index contributed by atoms with van der Waals surface area (Å²) in [5.74, 6) is 0.235. The Morgan fingerprint density at radius 1 is 0.672 bits per heavy atom. The van der Waals surface area contributed by atoms with Gasteiger partial charge >= 0.3 is 0 Å². The van der Waals surface area contributed by atoms with E-state index >= 15 is 0 Å². The number of aromatic nitrogens is 8. The van der Waals surface area contributed by atoms with E-state index in [2.05, 4.69) is 36.2 Å². The maximum absolute atomic E-state index is 12.0. The van der Waals surface area contributed by atoms with Crippen LogP contribution < -0.4 is 17.2 Å². The van der Waals surface area contributed by atoms with Crippen molar-refractivity contribution in [1.29, 1.82) is 0 Å². The molecule has 2 saturated carbocycles. The van der Waals surface area contributed by atoms with Gasteiger partial charge in [0.1, 0.15) is 5.82 Å². The molecular weight excluding hydrogens is 797 g/mol. The molecule has 0 radical (unpaired) electrons. The Balaban J connectivity index is 0.000000190. The van der Waals surface area contributed by atoms with Crippen LogP contribution in [0.2, 0.25) is 15.3 Å². The zero-order chi connectivity index (χ0) is 40.7. The molecule has 2 aromatic carbocycles. The zero-order valence-electron chi connectivity index (χ0n) is 31.7. The third-order valence-corrected chi connectivity index (χ3v) is 11.1. The molecule has 0 saturated heterocycles. The molecule has 6 aromatic rings. The van der Waals surface area contributed by atoms with Gasteiger partial charge in [0, 0.05) is 39.1 Å². The molecule has 304 valence electrons. The molecule has 2 aliphatic rings. The number of nitrogen functional groups attached to an aromatic ring is 1. The topological polar surface area (TPSA) is 199 Å². The maximum atomic E-state index is 12.0. The van der Waals surface area contributed by atoms with E-state index in [9.17, 15) is 9.59 Å². The second-order valence-electron chi connectivity index (χ2n) is 14.4. The Hall–Kier alpha value is -5.37. The molecule has 4 aromatic heterocycles. The highest BCUT2D eigenvalue weighted by Crippen LogP contribution is 2.50. The minimum absolute atomic E-state index is 0. The number of carbonyl (C=O) groups excluding carboxylic acids is 2. The van der Waals surface area contributed by atoms with Gasteiger partial charge in [0.05, 0.1) is 56.5 Å². The van der Waals surface area contributed by atoms with Crippen LogP contribution in [-0.2, 0) is 66.6 Å². The van der Waals surface area contributed by atoms with E-state index < -0.39 is 10.8 Å². The molecule has 0 aliphatic heterocycles. The van der Waals surface area contributed by atoms with E-state index in [1.165, 1.54) is 6.20 Å². The van der Waals surface area contributed by atoms with Crippen molar-refractivity contribution in [3.05, 3.63) is 146 Å². The average Bonchev–Trinajstić information content (AvgIpc) is 4.11. The summed E-state index contributed by atoms with van der Waals surface area (Å²) in [4.78, 5) is 40.7. The number of benzene rings is 2. The number of rotatable bonds is 12. The first-order valence-corrected chi connectivity index (χ1v) is 19.6. The van der Waals surface area contributed by atoms with Crippen LogP contribution in [-0.4, -0.2) is 51.3 Å². The number of carbonyl (C=O) groups is 2. The summed E-state index contributed by atoms with van der Waals surface area (Å²) in [6.45, 7) is 0. The van der Waals surface area contributed by atoms with Crippen molar-refractivity contribution >= 4 is 52.3 Å². The summed E-state index contributed by atoms with van der Waals surface area (Å²) >= 11 is 18.3. The van der Waals surface area contributed by atoms with Gasteiger partial charge in [-0.2, -0.15) is 10.2 Å². The van der Waals surface area contributed by atoms with Gasteiger partial charge in [0.25, 0.3) is 0 Å². The summed E-state index contributed by atoms with van der Waals surface area (Å²) in [5, 5.41) is 9.23. The van der Waals surface area contributed by atoms with Crippen molar-refractivity contribution in [3.63, 3.8) is 0 Å². The van der Waals surface area contributed by atoms with Crippen molar-refractivity contribution in [2.75, 3.05) is 5.73 Å². The molecule has 6 N–H and O–H groups in total. The molecule has 2 fully saturated rings. The van der Waals surface area contributed by atoms with E-state index in [1.807, 2.05) is 69.0 Å². The molecule has 58 heavy (non-hydrogen) atoms. The number of primary amides is 2.